The summed E-state index contributed by atoms with van der Waals surface area (Å²) in [5, 5.41) is 4.46. The van der Waals surface area contributed by atoms with Gasteiger partial charge in [0.2, 0.25) is 0 Å². The highest BCUT2D eigenvalue weighted by molar-refractivity contribution is 7.89. The molecule has 0 spiro atoms. The Hall–Kier alpha value is -4.80. The molecule has 1 aliphatic rings. The Kier molecular flexibility index (Phi) is 9.79. The van der Waals surface area contributed by atoms with Crippen molar-refractivity contribution in [3.8, 4) is 28.4 Å². The number of aryl methyl sites for hydroxylation is 2. The van der Waals surface area contributed by atoms with E-state index in [9.17, 15) is 8.42 Å². The molecule has 244 valence electrons. The number of sulfonamides is 1. The molecular formula is C37H40N4O5S. The zero-order valence-corrected chi connectivity index (χ0v) is 27.6. The van der Waals surface area contributed by atoms with Gasteiger partial charge in [-0.25, -0.2) is 8.42 Å². The van der Waals surface area contributed by atoms with Gasteiger partial charge in [0, 0.05) is 43.5 Å². The molecule has 0 saturated heterocycles. The van der Waals surface area contributed by atoms with E-state index in [2.05, 4.69) is 23.3 Å². The smallest absolute Gasteiger partial charge is 0.262 e. The molecule has 10 heteroatoms. The van der Waals surface area contributed by atoms with Gasteiger partial charge < -0.3 is 19.9 Å². The Morgan fingerprint density at radius 3 is 2.17 bits per heavy atom. The van der Waals surface area contributed by atoms with Crippen LogP contribution in [0.15, 0.2) is 102 Å². The van der Waals surface area contributed by atoms with Gasteiger partial charge in [0.1, 0.15) is 17.2 Å². The Bertz CT molecular complexity index is 1870. The van der Waals surface area contributed by atoms with Crippen LogP contribution in [0.3, 0.4) is 0 Å². The molecule has 0 fully saturated rings. The SMILES string of the molecule is COc1ccc(CN(Cc2ccc(OC)cc2)S(=O)(=O)c2ccn(CCCOc3cccc(-c4ccc5c(c4N)CCC5)c3)n2)cc1. The minimum atomic E-state index is -3.92. The minimum Gasteiger partial charge on any atom is -0.497 e. The van der Waals surface area contributed by atoms with Gasteiger partial charge in [-0.3, -0.25) is 4.68 Å². The average Bonchev–Trinajstić information content (AvgIpc) is 3.79. The summed E-state index contributed by atoms with van der Waals surface area (Å²) in [6.45, 7) is 1.31. The van der Waals surface area contributed by atoms with E-state index in [4.69, 9.17) is 19.9 Å². The second-order valence-electron chi connectivity index (χ2n) is 11.6. The van der Waals surface area contributed by atoms with E-state index < -0.39 is 10.0 Å². The monoisotopic (exact) mass is 652 g/mol. The number of nitrogen functional groups attached to an aromatic ring is 1. The Morgan fingerprint density at radius 1 is 0.830 bits per heavy atom. The normalized spacial score (nSPS) is 12.7. The van der Waals surface area contributed by atoms with Crippen LogP contribution in [-0.2, 0) is 42.5 Å². The topological polar surface area (TPSA) is 109 Å². The van der Waals surface area contributed by atoms with Gasteiger partial charge in [-0.15, -0.1) is 0 Å². The van der Waals surface area contributed by atoms with Crippen LogP contribution in [0.4, 0.5) is 5.69 Å². The molecule has 5 aromatic rings. The molecule has 1 aliphatic carbocycles. The molecule has 1 heterocycles. The number of ether oxygens (including phenoxy) is 3. The summed E-state index contributed by atoms with van der Waals surface area (Å²) in [6, 6.07) is 28.6. The van der Waals surface area contributed by atoms with Crippen molar-refractivity contribution in [2.24, 2.45) is 0 Å². The third kappa shape index (κ3) is 7.45. The van der Waals surface area contributed by atoms with Crippen molar-refractivity contribution in [3.63, 3.8) is 0 Å². The molecule has 0 bridgehead atoms. The van der Waals surface area contributed by atoms with Crippen LogP contribution >= 0.6 is 0 Å². The second kappa shape index (κ2) is 14.3. The van der Waals surface area contributed by atoms with E-state index >= 15 is 0 Å². The van der Waals surface area contributed by atoms with Crippen LogP contribution in [0.25, 0.3) is 11.1 Å². The molecule has 0 amide bonds. The largest absolute Gasteiger partial charge is 0.497 e. The average molecular weight is 653 g/mol. The lowest BCUT2D eigenvalue weighted by atomic mass is 9.97. The van der Waals surface area contributed by atoms with Crippen LogP contribution in [0, 0.1) is 0 Å². The molecule has 0 unspecified atom stereocenters. The zero-order chi connectivity index (χ0) is 32.8. The van der Waals surface area contributed by atoms with Gasteiger partial charge in [0.05, 0.1) is 20.8 Å². The first-order valence-electron chi connectivity index (χ1n) is 15.8. The van der Waals surface area contributed by atoms with Gasteiger partial charge in [-0.2, -0.15) is 9.40 Å². The summed E-state index contributed by atoms with van der Waals surface area (Å²) in [4.78, 5) is 0. The van der Waals surface area contributed by atoms with Crippen LogP contribution in [0.2, 0.25) is 0 Å². The summed E-state index contributed by atoms with van der Waals surface area (Å²) in [7, 11) is -0.724. The number of methoxy groups -OCH3 is 2. The Morgan fingerprint density at radius 2 is 1.51 bits per heavy atom. The van der Waals surface area contributed by atoms with Crippen LogP contribution in [0.1, 0.15) is 35.1 Å². The molecule has 6 rings (SSSR count). The van der Waals surface area contributed by atoms with Gasteiger partial charge in [0.15, 0.2) is 5.03 Å². The quantitative estimate of drug-likeness (QED) is 0.108. The van der Waals surface area contributed by atoms with Crippen LogP contribution in [-0.4, -0.2) is 43.3 Å². The van der Waals surface area contributed by atoms with Crippen molar-refractivity contribution in [2.45, 2.75) is 50.3 Å². The molecule has 0 aliphatic heterocycles. The fourth-order valence-electron chi connectivity index (χ4n) is 5.95. The molecule has 4 aromatic carbocycles. The van der Waals surface area contributed by atoms with E-state index in [-0.39, 0.29) is 18.1 Å². The zero-order valence-electron chi connectivity index (χ0n) is 26.8. The maximum atomic E-state index is 13.9. The molecule has 47 heavy (non-hydrogen) atoms. The number of hydrogen-bond acceptors (Lipinski definition) is 7. The fraction of sp³-hybridized carbons (Fsp3) is 0.270. The number of rotatable bonds is 14. The third-order valence-corrected chi connectivity index (χ3v) is 10.2. The summed E-state index contributed by atoms with van der Waals surface area (Å²) in [6.07, 6.45) is 5.63. The molecule has 0 atom stereocenters. The third-order valence-electron chi connectivity index (χ3n) is 8.53. The molecular weight excluding hydrogens is 612 g/mol. The fourth-order valence-corrected chi connectivity index (χ4v) is 7.29. The van der Waals surface area contributed by atoms with Crippen molar-refractivity contribution < 1.29 is 22.6 Å². The van der Waals surface area contributed by atoms with Gasteiger partial charge in [-0.05, 0) is 89.5 Å². The second-order valence-corrected chi connectivity index (χ2v) is 13.5. The van der Waals surface area contributed by atoms with Crippen molar-refractivity contribution in [1.29, 1.82) is 0 Å². The number of aromatic nitrogens is 2. The number of nitrogens with two attached hydrogens (primary N) is 1. The number of anilines is 1. The summed E-state index contributed by atoms with van der Waals surface area (Å²) in [5.41, 5.74) is 13.8. The molecule has 1 aromatic heterocycles. The van der Waals surface area contributed by atoms with Gasteiger partial charge in [0.25, 0.3) is 10.0 Å². The first-order chi connectivity index (χ1) is 22.8. The molecule has 0 saturated carbocycles. The summed E-state index contributed by atoms with van der Waals surface area (Å²) < 4.78 is 47.5. The first-order valence-corrected chi connectivity index (χ1v) is 17.2. The van der Waals surface area contributed by atoms with Gasteiger partial charge >= 0.3 is 0 Å². The standard InChI is InChI=1S/C37H40N4O5S/c1-44-31-15-10-27(11-16-31)25-41(26-28-12-17-32(45-2)18-13-28)47(42,43)36-20-22-40(39-36)21-5-23-46-33-8-3-7-30(24-33)35-19-14-29-6-4-9-34(29)37(35)38/h3,7-8,10-20,22,24H,4-6,9,21,23,25-26,38H2,1-2H3. The highest BCUT2D eigenvalue weighted by Gasteiger charge is 2.28. The van der Waals surface area contributed by atoms with Crippen molar-refractivity contribution in [3.05, 3.63) is 119 Å². The first kappa shape index (κ1) is 32.2. The van der Waals surface area contributed by atoms with Crippen molar-refractivity contribution in [1.82, 2.24) is 14.1 Å². The highest BCUT2D eigenvalue weighted by atomic mass is 32.2. The lowest BCUT2D eigenvalue weighted by molar-refractivity contribution is 0.298. The maximum absolute atomic E-state index is 13.9. The van der Waals surface area contributed by atoms with Crippen molar-refractivity contribution >= 4 is 15.7 Å². The Labute approximate surface area is 276 Å². The van der Waals surface area contributed by atoms with E-state index in [1.54, 1.807) is 31.2 Å². The number of benzene rings is 4. The Balaban J connectivity index is 1.10. The number of hydrogen-bond donors (Lipinski definition) is 1. The predicted molar refractivity (Wildman–Crippen MR) is 183 cm³/mol. The lowest BCUT2D eigenvalue weighted by Gasteiger charge is -2.21. The van der Waals surface area contributed by atoms with E-state index in [0.29, 0.717) is 31.1 Å². The highest BCUT2D eigenvalue weighted by Crippen LogP contribution is 2.36. The van der Waals surface area contributed by atoms with E-state index in [1.165, 1.54) is 15.4 Å². The van der Waals surface area contributed by atoms with Crippen LogP contribution < -0.4 is 19.9 Å². The minimum absolute atomic E-state index is 0.0000723. The summed E-state index contributed by atoms with van der Waals surface area (Å²) >= 11 is 0. The number of nitrogens with zero attached hydrogens (tertiary/aromatic N) is 3. The number of fused-ring (bicyclic) bond motifs is 1. The summed E-state index contributed by atoms with van der Waals surface area (Å²) in [5.74, 6) is 2.17. The van der Waals surface area contributed by atoms with Gasteiger partial charge in [-0.1, -0.05) is 48.5 Å². The van der Waals surface area contributed by atoms with Crippen LogP contribution in [0.5, 0.6) is 17.2 Å². The predicted octanol–water partition coefficient (Wildman–Crippen LogP) is 6.50. The van der Waals surface area contributed by atoms with E-state index in [1.807, 2.05) is 66.7 Å². The molecule has 0 radical (unpaired) electrons. The maximum Gasteiger partial charge on any atom is 0.262 e. The van der Waals surface area contributed by atoms with Crippen molar-refractivity contribution in [2.75, 3.05) is 26.6 Å². The van der Waals surface area contributed by atoms with E-state index in [0.717, 1.165) is 53.0 Å². The lowest BCUT2D eigenvalue weighted by Crippen LogP contribution is -2.30. The molecule has 2 N–H and O–H groups in total. The molecule has 9 nitrogen and oxygen atoms in total.